The summed E-state index contributed by atoms with van der Waals surface area (Å²) in [5.74, 6) is -0.857. The first-order chi connectivity index (χ1) is 7.30. The lowest BCUT2D eigenvalue weighted by molar-refractivity contribution is -0.158. The molecule has 0 spiro atoms. The summed E-state index contributed by atoms with van der Waals surface area (Å²) >= 11 is 1.31. The van der Waals surface area contributed by atoms with Crippen LogP contribution >= 0.6 is 11.3 Å². The zero-order chi connectivity index (χ0) is 12.3. The summed E-state index contributed by atoms with van der Waals surface area (Å²) in [5.41, 5.74) is 2.53. The molecule has 16 heavy (non-hydrogen) atoms. The SMILES string of the molecule is Cc1csc(C(=O)NOC(=O)C(C)(C)C)c1. The number of carbonyl (C=O) groups excluding carboxylic acids is 2. The van der Waals surface area contributed by atoms with Crippen LogP contribution in [0, 0.1) is 12.3 Å². The molecule has 0 radical (unpaired) electrons. The van der Waals surface area contributed by atoms with Crippen LogP contribution in [0.3, 0.4) is 0 Å². The van der Waals surface area contributed by atoms with Gasteiger partial charge in [0.1, 0.15) is 0 Å². The van der Waals surface area contributed by atoms with Crippen LogP contribution in [-0.4, -0.2) is 11.9 Å². The van der Waals surface area contributed by atoms with Crippen molar-refractivity contribution < 1.29 is 14.4 Å². The van der Waals surface area contributed by atoms with Gasteiger partial charge in [0, 0.05) is 0 Å². The van der Waals surface area contributed by atoms with Crippen LogP contribution in [0.1, 0.15) is 36.0 Å². The van der Waals surface area contributed by atoms with E-state index in [1.807, 2.05) is 12.3 Å². The van der Waals surface area contributed by atoms with Crippen molar-refractivity contribution >= 4 is 23.2 Å². The first-order valence-corrected chi connectivity index (χ1v) is 5.75. The van der Waals surface area contributed by atoms with E-state index in [0.29, 0.717) is 4.88 Å². The van der Waals surface area contributed by atoms with Crippen molar-refractivity contribution in [2.45, 2.75) is 27.7 Å². The minimum atomic E-state index is -0.626. The lowest BCUT2D eigenvalue weighted by atomic mass is 9.98. The van der Waals surface area contributed by atoms with Gasteiger partial charge in [-0.2, -0.15) is 5.48 Å². The summed E-state index contributed by atoms with van der Waals surface area (Å²) in [6, 6.07) is 1.74. The first-order valence-electron chi connectivity index (χ1n) is 4.87. The Kier molecular flexibility index (Phi) is 3.70. The zero-order valence-electron chi connectivity index (χ0n) is 9.79. The van der Waals surface area contributed by atoms with E-state index in [1.165, 1.54) is 11.3 Å². The van der Waals surface area contributed by atoms with Crippen LogP contribution in [0.2, 0.25) is 0 Å². The Labute approximate surface area is 98.6 Å². The van der Waals surface area contributed by atoms with Crippen LogP contribution in [0.4, 0.5) is 0 Å². The topological polar surface area (TPSA) is 55.4 Å². The summed E-state index contributed by atoms with van der Waals surface area (Å²) < 4.78 is 0. The summed E-state index contributed by atoms with van der Waals surface area (Å²) in [4.78, 5) is 28.1. The maximum absolute atomic E-state index is 11.5. The van der Waals surface area contributed by atoms with Gasteiger partial charge in [-0.15, -0.1) is 11.3 Å². The van der Waals surface area contributed by atoms with E-state index < -0.39 is 17.3 Å². The molecule has 4 nitrogen and oxygen atoms in total. The van der Waals surface area contributed by atoms with Gasteiger partial charge < -0.3 is 4.84 Å². The number of hydroxylamine groups is 1. The van der Waals surface area contributed by atoms with E-state index in [9.17, 15) is 9.59 Å². The fourth-order valence-corrected chi connectivity index (χ4v) is 1.63. The largest absolute Gasteiger partial charge is 0.340 e. The molecule has 1 amide bonds. The molecule has 5 heteroatoms. The van der Waals surface area contributed by atoms with Gasteiger partial charge in [-0.05, 0) is 44.7 Å². The number of rotatable bonds is 1. The van der Waals surface area contributed by atoms with Crippen LogP contribution < -0.4 is 5.48 Å². The molecule has 0 atom stereocenters. The Morgan fingerprint density at radius 2 is 2.00 bits per heavy atom. The Hall–Kier alpha value is -1.36. The van der Waals surface area contributed by atoms with Crippen molar-refractivity contribution in [3.05, 3.63) is 21.9 Å². The van der Waals surface area contributed by atoms with Gasteiger partial charge in [0.15, 0.2) is 0 Å². The fraction of sp³-hybridized carbons (Fsp3) is 0.455. The molecule has 0 aromatic carbocycles. The molecular formula is C11H15NO3S. The van der Waals surface area contributed by atoms with Crippen LogP contribution in [0.5, 0.6) is 0 Å². The molecule has 0 saturated heterocycles. The molecule has 1 aromatic heterocycles. The number of thiophene rings is 1. The third kappa shape index (κ3) is 3.34. The Morgan fingerprint density at radius 3 is 2.44 bits per heavy atom. The van der Waals surface area contributed by atoms with Gasteiger partial charge >= 0.3 is 5.97 Å². The van der Waals surface area contributed by atoms with E-state index >= 15 is 0 Å². The molecule has 1 N–H and O–H groups in total. The summed E-state index contributed by atoms with van der Waals surface area (Å²) in [6.07, 6.45) is 0. The first kappa shape index (κ1) is 12.7. The van der Waals surface area contributed by atoms with Crippen molar-refractivity contribution in [2.75, 3.05) is 0 Å². The normalized spacial score (nSPS) is 11.0. The molecule has 0 saturated carbocycles. The van der Waals surface area contributed by atoms with Gasteiger partial charge in [0.25, 0.3) is 5.91 Å². The molecule has 88 valence electrons. The highest BCUT2D eigenvalue weighted by Crippen LogP contribution is 2.15. The lowest BCUT2D eigenvalue weighted by Gasteiger charge is -2.15. The van der Waals surface area contributed by atoms with E-state index in [-0.39, 0.29) is 0 Å². The molecule has 0 unspecified atom stereocenters. The number of hydrogen-bond donors (Lipinski definition) is 1. The third-order valence-corrected chi connectivity index (χ3v) is 2.85. The maximum Gasteiger partial charge on any atom is 0.337 e. The highest BCUT2D eigenvalue weighted by Gasteiger charge is 2.24. The molecule has 0 bridgehead atoms. The van der Waals surface area contributed by atoms with E-state index in [0.717, 1.165) is 5.56 Å². The molecule has 1 aromatic rings. The van der Waals surface area contributed by atoms with Crippen LogP contribution in [0.15, 0.2) is 11.4 Å². The Balaban J connectivity index is 2.51. The molecule has 0 fully saturated rings. The van der Waals surface area contributed by atoms with E-state index in [4.69, 9.17) is 4.84 Å². The molecule has 0 aliphatic carbocycles. The average Bonchev–Trinajstić information content (AvgIpc) is 2.59. The number of amides is 1. The van der Waals surface area contributed by atoms with E-state index in [1.54, 1.807) is 26.8 Å². The summed E-state index contributed by atoms with van der Waals surface area (Å²) in [6.45, 7) is 7.05. The highest BCUT2D eigenvalue weighted by atomic mass is 32.1. The monoisotopic (exact) mass is 241 g/mol. The molecule has 0 aliphatic heterocycles. The fourth-order valence-electron chi connectivity index (χ4n) is 0.846. The smallest absolute Gasteiger partial charge is 0.337 e. The molecule has 1 heterocycles. The van der Waals surface area contributed by atoms with Crippen molar-refractivity contribution in [1.82, 2.24) is 5.48 Å². The summed E-state index contributed by atoms with van der Waals surface area (Å²) in [5, 5.41) is 1.86. The van der Waals surface area contributed by atoms with Gasteiger partial charge in [0.2, 0.25) is 0 Å². The van der Waals surface area contributed by atoms with Crippen molar-refractivity contribution in [1.29, 1.82) is 0 Å². The van der Waals surface area contributed by atoms with Gasteiger partial charge in [-0.1, -0.05) is 0 Å². The highest BCUT2D eigenvalue weighted by molar-refractivity contribution is 7.12. The maximum atomic E-state index is 11.5. The van der Waals surface area contributed by atoms with E-state index in [2.05, 4.69) is 5.48 Å². The summed E-state index contributed by atoms with van der Waals surface area (Å²) in [7, 11) is 0. The van der Waals surface area contributed by atoms with Crippen molar-refractivity contribution in [2.24, 2.45) is 5.41 Å². The minimum absolute atomic E-state index is 0.393. The number of carbonyl (C=O) groups is 2. The van der Waals surface area contributed by atoms with Crippen LogP contribution in [-0.2, 0) is 9.63 Å². The van der Waals surface area contributed by atoms with Gasteiger partial charge in [0.05, 0.1) is 10.3 Å². The van der Waals surface area contributed by atoms with Crippen LogP contribution in [0.25, 0.3) is 0 Å². The van der Waals surface area contributed by atoms with Gasteiger partial charge in [-0.3, -0.25) is 4.79 Å². The standard InChI is InChI=1S/C11H15NO3S/c1-7-5-8(16-6-7)9(13)12-15-10(14)11(2,3)4/h5-6H,1-4H3,(H,12,13). The zero-order valence-corrected chi connectivity index (χ0v) is 10.6. The van der Waals surface area contributed by atoms with Gasteiger partial charge in [-0.25, -0.2) is 4.79 Å². The number of hydrogen-bond acceptors (Lipinski definition) is 4. The minimum Gasteiger partial charge on any atom is -0.340 e. The third-order valence-electron chi connectivity index (χ3n) is 1.80. The second-order valence-electron chi connectivity index (χ2n) is 4.56. The molecular weight excluding hydrogens is 226 g/mol. The molecule has 1 rings (SSSR count). The number of aryl methyl sites for hydroxylation is 1. The lowest BCUT2D eigenvalue weighted by Crippen LogP contribution is -2.32. The number of nitrogens with one attached hydrogen (secondary N) is 1. The second-order valence-corrected chi connectivity index (χ2v) is 5.47. The predicted molar refractivity (Wildman–Crippen MR) is 62.1 cm³/mol. The second kappa shape index (κ2) is 4.65. The van der Waals surface area contributed by atoms with Crippen molar-refractivity contribution in [3.8, 4) is 0 Å². The quantitative estimate of drug-likeness (QED) is 0.767. The Bertz CT molecular complexity index is 404. The average molecular weight is 241 g/mol. The van der Waals surface area contributed by atoms with Crippen molar-refractivity contribution in [3.63, 3.8) is 0 Å². The molecule has 0 aliphatic rings. The Morgan fingerprint density at radius 1 is 1.38 bits per heavy atom. The predicted octanol–water partition coefficient (Wildman–Crippen LogP) is 2.29.